The maximum absolute atomic E-state index is 4.62. The number of rotatable bonds is 2. The van der Waals surface area contributed by atoms with Gasteiger partial charge in [-0.15, -0.1) is 0 Å². The van der Waals surface area contributed by atoms with Crippen molar-refractivity contribution in [2.24, 2.45) is 10.9 Å². The van der Waals surface area contributed by atoms with Crippen LogP contribution in [0.2, 0.25) is 0 Å². The van der Waals surface area contributed by atoms with E-state index in [2.05, 4.69) is 29.9 Å². The Balaban J connectivity index is 2.21. The van der Waals surface area contributed by atoms with Crippen LogP contribution in [0.5, 0.6) is 0 Å². The standard InChI is InChI=1S/C12H16N2/c1-3-10-6-7-11(10)14-12-9(2)5-4-8-13-12/h4-5,8,10H,3,6-7H2,1-2H3/b14-11+. The van der Waals surface area contributed by atoms with E-state index in [9.17, 15) is 0 Å². The highest BCUT2D eigenvalue weighted by Crippen LogP contribution is 2.29. The summed E-state index contributed by atoms with van der Waals surface area (Å²) in [4.78, 5) is 8.90. The van der Waals surface area contributed by atoms with Gasteiger partial charge in [-0.25, -0.2) is 9.98 Å². The third-order valence-electron chi connectivity index (χ3n) is 2.94. The van der Waals surface area contributed by atoms with Crippen molar-refractivity contribution >= 4 is 11.5 Å². The van der Waals surface area contributed by atoms with Gasteiger partial charge in [-0.1, -0.05) is 13.0 Å². The molecule has 1 unspecified atom stereocenters. The predicted octanol–water partition coefficient (Wildman–Crippen LogP) is 3.28. The molecule has 0 aliphatic heterocycles. The summed E-state index contributed by atoms with van der Waals surface area (Å²) in [5, 5.41) is 0. The van der Waals surface area contributed by atoms with Crippen LogP contribution in [-0.2, 0) is 0 Å². The van der Waals surface area contributed by atoms with E-state index >= 15 is 0 Å². The average molecular weight is 188 g/mol. The Morgan fingerprint density at radius 1 is 1.57 bits per heavy atom. The van der Waals surface area contributed by atoms with Crippen LogP contribution in [0.1, 0.15) is 31.7 Å². The largest absolute Gasteiger partial charge is 0.238 e. The molecule has 1 aliphatic carbocycles. The Bertz CT molecular complexity index is 353. The zero-order chi connectivity index (χ0) is 9.97. The molecule has 1 heterocycles. The zero-order valence-electron chi connectivity index (χ0n) is 8.83. The normalized spacial score (nSPS) is 23.6. The smallest absolute Gasteiger partial charge is 0.154 e. The molecule has 2 nitrogen and oxygen atoms in total. The average Bonchev–Trinajstić information content (AvgIpc) is 2.15. The first-order valence-electron chi connectivity index (χ1n) is 5.30. The van der Waals surface area contributed by atoms with Gasteiger partial charge in [-0.2, -0.15) is 0 Å². The van der Waals surface area contributed by atoms with Gasteiger partial charge in [0, 0.05) is 11.9 Å². The number of pyridine rings is 1. The SMILES string of the molecule is CCC1CC/C1=N\c1ncccc1C. The molecular weight excluding hydrogens is 172 g/mol. The van der Waals surface area contributed by atoms with Crippen LogP contribution in [0.15, 0.2) is 23.3 Å². The summed E-state index contributed by atoms with van der Waals surface area (Å²) in [6, 6.07) is 4.02. The Hall–Kier alpha value is -1.18. The van der Waals surface area contributed by atoms with Crippen LogP contribution in [0.3, 0.4) is 0 Å². The fourth-order valence-corrected chi connectivity index (χ4v) is 1.79. The molecule has 1 saturated carbocycles. The Kier molecular flexibility index (Phi) is 2.62. The van der Waals surface area contributed by atoms with E-state index < -0.39 is 0 Å². The van der Waals surface area contributed by atoms with Crippen molar-refractivity contribution in [3.05, 3.63) is 23.9 Å². The number of hydrogen-bond acceptors (Lipinski definition) is 2. The van der Waals surface area contributed by atoms with Crippen molar-refractivity contribution in [3.8, 4) is 0 Å². The first-order chi connectivity index (χ1) is 6.81. The fourth-order valence-electron chi connectivity index (χ4n) is 1.79. The summed E-state index contributed by atoms with van der Waals surface area (Å²) >= 11 is 0. The fraction of sp³-hybridized carbons (Fsp3) is 0.500. The highest BCUT2D eigenvalue weighted by Gasteiger charge is 2.24. The Morgan fingerprint density at radius 3 is 3.00 bits per heavy atom. The van der Waals surface area contributed by atoms with E-state index in [1.807, 2.05) is 12.3 Å². The molecule has 1 atom stereocenters. The van der Waals surface area contributed by atoms with Gasteiger partial charge in [-0.3, -0.25) is 0 Å². The highest BCUT2D eigenvalue weighted by atomic mass is 14.9. The van der Waals surface area contributed by atoms with Crippen molar-refractivity contribution in [1.29, 1.82) is 0 Å². The molecule has 2 heteroatoms. The lowest BCUT2D eigenvalue weighted by Gasteiger charge is -2.27. The van der Waals surface area contributed by atoms with Gasteiger partial charge in [-0.05, 0) is 43.7 Å². The zero-order valence-corrected chi connectivity index (χ0v) is 8.83. The molecule has 1 aromatic rings. The lowest BCUT2D eigenvalue weighted by atomic mass is 9.81. The summed E-state index contributed by atoms with van der Waals surface area (Å²) < 4.78 is 0. The van der Waals surface area contributed by atoms with Gasteiger partial charge >= 0.3 is 0 Å². The van der Waals surface area contributed by atoms with E-state index in [0.717, 1.165) is 18.2 Å². The second-order valence-electron chi connectivity index (χ2n) is 3.89. The van der Waals surface area contributed by atoms with E-state index in [0.29, 0.717) is 0 Å². The Morgan fingerprint density at radius 2 is 2.43 bits per heavy atom. The topological polar surface area (TPSA) is 25.2 Å². The predicted molar refractivity (Wildman–Crippen MR) is 59.1 cm³/mol. The van der Waals surface area contributed by atoms with E-state index in [-0.39, 0.29) is 0 Å². The molecule has 1 fully saturated rings. The van der Waals surface area contributed by atoms with Gasteiger partial charge < -0.3 is 0 Å². The van der Waals surface area contributed by atoms with Gasteiger partial charge in [0.1, 0.15) is 0 Å². The van der Waals surface area contributed by atoms with Crippen LogP contribution in [0, 0.1) is 12.8 Å². The number of aromatic nitrogens is 1. The summed E-state index contributed by atoms with van der Waals surface area (Å²) in [6.45, 7) is 4.29. The van der Waals surface area contributed by atoms with Crippen LogP contribution in [0.4, 0.5) is 5.82 Å². The summed E-state index contributed by atoms with van der Waals surface area (Å²) in [5.41, 5.74) is 2.51. The molecule has 0 N–H and O–H groups in total. The van der Waals surface area contributed by atoms with Crippen molar-refractivity contribution in [3.63, 3.8) is 0 Å². The van der Waals surface area contributed by atoms with Crippen molar-refractivity contribution in [1.82, 2.24) is 4.98 Å². The van der Waals surface area contributed by atoms with E-state index in [1.54, 1.807) is 0 Å². The summed E-state index contributed by atoms with van der Waals surface area (Å²) in [6.07, 6.45) is 5.49. The van der Waals surface area contributed by atoms with Gasteiger partial charge in [0.2, 0.25) is 0 Å². The van der Waals surface area contributed by atoms with Crippen LogP contribution in [0.25, 0.3) is 0 Å². The third-order valence-corrected chi connectivity index (χ3v) is 2.94. The molecule has 74 valence electrons. The molecule has 14 heavy (non-hydrogen) atoms. The Labute approximate surface area is 85.1 Å². The molecule has 1 aromatic heterocycles. The second-order valence-corrected chi connectivity index (χ2v) is 3.89. The van der Waals surface area contributed by atoms with Gasteiger partial charge in [0.25, 0.3) is 0 Å². The summed E-state index contributed by atoms with van der Waals surface area (Å²) in [5.74, 6) is 1.62. The van der Waals surface area contributed by atoms with Gasteiger partial charge in [0.05, 0.1) is 0 Å². The molecule has 0 bridgehead atoms. The molecule has 0 amide bonds. The summed E-state index contributed by atoms with van der Waals surface area (Å²) in [7, 11) is 0. The molecule has 0 spiro atoms. The molecular formula is C12H16N2. The van der Waals surface area contributed by atoms with E-state index in [1.165, 1.54) is 24.1 Å². The lowest BCUT2D eigenvalue weighted by molar-refractivity contribution is 0.537. The molecule has 0 radical (unpaired) electrons. The van der Waals surface area contributed by atoms with Gasteiger partial charge in [0.15, 0.2) is 5.82 Å². The number of nitrogens with zero attached hydrogens (tertiary/aromatic N) is 2. The maximum Gasteiger partial charge on any atom is 0.154 e. The molecule has 0 saturated heterocycles. The van der Waals surface area contributed by atoms with Crippen LogP contribution >= 0.6 is 0 Å². The minimum atomic E-state index is 0.719. The highest BCUT2D eigenvalue weighted by molar-refractivity contribution is 5.93. The van der Waals surface area contributed by atoms with E-state index in [4.69, 9.17) is 0 Å². The number of aryl methyl sites for hydroxylation is 1. The van der Waals surface area contributed by atoms with Crippen LogP contribution in [-0.4, -0.2) is 10.7 Å². The number of hydrogen-bond donors (Lipinski definition) is 0. The maximum atomic E-state index is 4.62. The quantitative estimate of drug-likeness (QED) is 0.699. The first kappa shape index (κ1) is 9.38. The lowest BCUT2D eigenvalue weighted by Crippen LogP contribution is -2.24. The minimum absolute atomic E-state index is 0.719. The van der Waals surface area contributed by atoms with Crippen LogP contribution < -0.4 is 0 Å². The third kappa shape index (κ3) is 1.69. The van der Waals surface area contributed by atoms with Crippen molar-refractivity contribution < 1.29 is 0 Å². The van der Waals surface area contributed by atoms with Crippen molar-refractivity contribution in [2.75, 3.05) is 0 Å². The monoisotopic (exact) mass is 188 g/mol. The number of aliphatic imine (C=N–C) groups is 1. The first-order valence-corrected chi connectivity index (χ1v) is 5.30. The molecule has 1 aliphatic rings. The minimum Gasteiger partial charge on any atom is -0.238 e. The molecule has 0 aromatic carbocycles. The van der Waals surface area contributed by atoms with Crippen molar-refractivity contribution in [2.45, 2.75) is 33.1 Å². The molecule has 2 rings (SSSR count). The second kappa shape index (κ2) is 3.91.